The number of hydrogen-bond acceptors (Lipinski definition) is 3. The van der Waals surface area contributed by atoms with E-state index in [0.29, 0.717) is 0 Å². The molecule has 0 atom stereocenters. The third-order valence-electron chi connectivity index (χ3n) is 4.28. The quantitative estimate of drug-likeness (QED) is 0.716. The maximum atomic E-state index is 12.2. The molecule has 0 N–H and O–H groups in total. The lowest BCUT2D eigenvalue weighted by atomic mass is 10.0. The summed E-state index contributed by atoms with van der Waals surface area (Å²) in [6, 6.07) is 16.2. The van der Waals surface area contributed by atoms with Crippen molar-refractivity contribution in [2.45, 2.75) is 19.9 Å². The van der Waals surface area contributed by atoms with Gasteiger partial charge in [-0.2, -0.15) is 0 Å². The molecule has 4 heteroatoms. The first-order chi connectivity index (χ1) is 11.6. The molecule has 0 saturated heterocycles. The van der Waals surface area contributed by atoms with E-state index in [1.165, 1.54) is 0 Å². The van der Waals surface area contributed by atoms with Crippen LogP contribution in [0.3, 0.4) is 0 Å². The lowest BCUT2D eigenvalue weighted by Gasteiger charge is -2.32. The van der Waals surface area contributed by atoms with Crippen LogP contribution in [0.5, 0.6) is 5.75 Å². The number of amides is 1. The summed E-state index contributed by atoms with van der Waals surface area (Å²) in [6.07, 6.45) is 1.87. The van der Waals surface area contributed by atoms with Crippen molar-refractivity contribution in [1.29, 1.82) is 0 Å². The van der Waals surface area contributed by atoms with Crippen LogP contribution in [-0.4, -0.2) is 23.5 Å². The Balaban J connectivity index is 1.83. The van der Waals surface area contributed by atoms with Crippen molar-refractivity contribution in [3.05, 3.63) is 54.7 Å². The van der Waals surface area contributed by atoms with Crippen LogP contribution in [0.15, 0.2) is 54.7 Å². The number of aromatic nitrogens is 1. The SMILES string of the molecule is CC(C)N1C(=O)COc2ccc(-c3cnc4ccccc4c3)cc21. The van der Waals surface area contributed by atoms with Crippen molar-refractivity contribution in [2.24, 2.45) is 0 Å². The number of para-hydroxylation sites is 1. The van der Waals surface area contributed by atoms with Gasteiger partial charge in [-0.15, -0.1) is 0 Å². The van der Waals surface area contributed by atoms with Crippen LogP contribution in [0.25, 0.3) is 22.0 Å². The normalized spacial score (nSPS) is 14.0. The maximum absolute atomic E-state index is 12.2. The number of fused-ring (bicyclic) bond motifs is 2. The number of anilines is 1. The number of benzene rings is 2. The van der Waals surface area contributed by atoms with Gasteiger partial charge in [-0.1, -0.05) is 24.3 Å². The number of pyridine rings is 1. The molecular formula is C20H18N2O2. The summed E-state index contributed by atoms with van der Waals surface area (Å²) in [5, 5.41) is 1.10. The fraction of sp³-hybridized carbons (Fsp3) is 0.200. The first-order valence-electron chi connectivity index (χ1n) is 8.07. The van der Waals surface area contributed by atoms with Crippen LogP contribution in [0.2, 0.25) is 0 Å². The predicted octanol–water partition coefficient (Wildman–Crippen LogP) is 4.04. The zero-order valence-corrected chi connectivity index (χ0v) is 13.7. The Bertz CT molecular complexity index is 934. The molecule has 4 rings (SSSR count). The van der Waals surface area contributed by atoms with Gasteiger partial charge >= 0.3 is 0 Å². The second-order valence-electron chi connectivity index (χ2n) is 6.25. The van der Waals surface area contributed by atoms with E-state index in [4.69, 9.17) is 4.74 Å². The Morgan fingerprint density at radius 1 is 1.08 bits per heavy atom. The molecule has 1 aromatic heterocycles. The van der Waals surface area contributed by atoms with Gasteiger partial charge in [0.15, 0.2) is 6.61 Å². The fourth-order valence-electron chi connectivity index (χ4n) is 3.15. The van der Waals surface area contributed by atoms with Crippen molar-refractivity contribution >= 4 is 22.5 Å². The van der Waals surface area contributed by atoms with Gasteiger partial charge in [0.1, 0.15) is 5.75 Å². The topological polar surface area (TPSA) is 42.4 Å². The first-order valence-corrected chi connectivity index (χ1v) is 8.07. The van der Waals surface area contributed by atoms with E-state index in [1.807, 2.05) is 56.4 Å². The van der Waals surface area contributed by atoms with Crippen LogP contribution in [-0.2, 0) is 4.79 Å². The molecule has 2 aromatic carbocycles. The van der Waals surface area contributed by atoms with Gasteiger partial charge in [-0.3, -0.25) is 9.78 Å². The lowest BCUT2D eigenvalue weighted by Crippen LogP contribution is -2.43. The molecule has 0 saturated carbocycles. The summed E-state index contributed by atoms with van der Waals surface area (Å²) in [7, 11) is 0. The van der Waals surface area contributed by atoms with Gasteiger partial charge in [0.05, 0.1) is 11.2 Å². The summed E-state index contributed by atoms with van der Waals surface area (Å²) in [6.45, 7) is 4.12. The van der Waals surface area contributed by atoms with E-state index in [1.54, 1.807) is 4.90 Å². The summed E-state index contributed by atoms with van der Waals surface area (Å²) in [5.74, 6) is 0.743. The number of ether oxygens (including phenoxy) is 1. The molecule has 2 heterocycles. The highest BCUT2D eigenvalue weighted by atomic mass is 16.5. The van der Waals surface area contributed by atoms with Crippen LogP contribution < -0.4 is 9.64 Å². The summed E-state index contributed by atoms with van der Waals surface area (Å²) < 4.78 is 5.57. The molecule has 120 valence electrons. The van der Waals surface area contributed by atoms with Crippen molar-refractivity contribution in [3.8, 4) is 16.9 Å². The second-order valence-corrected chi connectivity index (χ2v) is 6.25. The van der Waals surface area contributed by atoms with E-state index in [9.17, 15) is 4.79 Å². The number of carbonyl (C=O) groups is 1. The van der Waals surface area contributed by atoms with Gasteiger partial charge in [0.25, 0.3) is 5.91 Å². The van der Waals surface area contributed by atoms with Gasteiger partial charge < -0.3 is 9.64 Å². The Kier molecular flexibility index (Phi) is 3.45. The molecule has 3 aromatic rings. The van der Waals surface area contributed by atoms with Crippen LogP contribution in [0, 0.1) is 0 Å². The first kappa shape index (κ1) is 14.7. The Hall–Kier alpha value is -2.88. The van der Waals surface area contributed by atoms with E-state index in [2.05, 4.69) is 17.1 Å². The van der Waals surface area contributed by atoms with Crippen LogP contribution >= 0.6 is 0 Å². The number of hydrogen-bond donors (Lipinski definition) is 0. The molecule has 1 aliphatic heterocycles. The van der Waals surface area contributed by atoms with Crippen molar-refractivity contribution in [3.63, 3.8) is 0 Å². The Morgan fingerprint density at radius 2 is 1.92 bits per heavy atom. The van der Waals surface area contributed by atoms with Gasteiger partial charge in [-0.05, 0) is 43.7 Å². The average Bonchev–Trinajstić information content (AvgIpc) is 2.60. The smallest absolute Gasteiger partial charge is 0.265 e. The molecule has 0 unspecified atom stereocenters. The van der Waals surface area contributed by atoms with E-state index < -0.39 is 0 Å². The molecule has 0 fully saturated rings. The summed E-state index contributed by atoms with van der Waals surface area (Å²) in [4.78, 5) is 18.5. The van der Waals surface area contributed by atoms with E-state index >= 15 is 0 Å². The van der Waals surface area contributed by atoms with Crippen LogP contribution in [0.1, 0.15) is 13.8 Å². The maximum Gasteiger partial charge on any atom is 0.265 e. The molecule has 4 nitrogen and oxygen atoms in total. The van der Waals surface area contributed by atoms with Crippen molar-refractivity contribution < 1.29 is 9.53 Å². The minimum atomic E-state index is -0.00807. The third kappa shape index (κ3) is 2.40. The minimum absolute atomic E-state index is 0.00807. The van der Waals surface area contributed by atoms with E-state index in [-0.39, 0.29) is 18.6 Å². The third-order valence-corrected chi connectivity index (χ3v) is 4.28. The van der Waals surface area contributed by atoms with Gasteiger partial charge in [0, 0.05) is 23.2 Å². The fourth-order valence-corrected chi connectivity index (χ4v) is 3.15. The molecule has 0 bridgehead atoms. The number of rotatable bonds is 2. The van der Waals surface area contributed by atoms with Crippen LogP contribution in [0.4, 0.5) is 5.69 Å². The molecule has 1 amide bonds. The lowest BCUT2D eigenvalue weighted by molar-refractivity contribution is -0.121. The largest absolute Gasteiger partial charge is 0.482 e. The Labute approximate surface area is 140 Å². The predicted molar refractivity (Wildman–Crippen MR) is 95.3 cm³/mol. The van der Waals surface area contributed by atoms with E-state index in [0.717, 1.165) is 33.5 Å². The molecule has 0 spiro atoms. The Morgan fingerprint density at radius 3 is 2.75 bits per heavy atom. The highest BCUT2D eigenvalue weighted by Gasteiger charge is 2.27. The van der Waals surface area contributed by atoms with Crippen molar-refractivity contribution in [1.82, 2.24) is 4.98 Å². The standard InChI is InChI=1S/C20H18N2O2/c1-13(2)22-18-10-14(7-8-19(18)24-12-20(22)23)16-9-15-5-3-4-6-17(15)21-11-16/h3-11,13H,12H2,1-2H3. The molecule has 24 heavy (non-hydrogen) atoms. The molecule has 0 radical (unpaired) electrons. The van der Waals surface area contributed by atoms with Gasteiger partial charge in [0.2, 0.25) is 0 Å². The number of carbonyl (C=O) groups excluding carboxylic acids is 1. The summed E-state index contributed by atoms with van der Waals surface area (Å²) in [5.41, 5.74) is 3.85. The highest BCUT2D eigenvalue weighted by molar-refractivity contribution is 5.99. The zero-order chi connectivity index (χ0) is 16.7. The highest BCUT2D eigenvalue weighted by Crippen LogP contribution is 2.37. The molecule has 0 aliphatic carbocycles. The molecule has 1 aliphatic rings. The average molecular weight is 318 g/mol. The monoisotopic (exact) mass is 318 g/mol. The number of nitrogens with zero attached hydrogens (tertiary/aromatic N) is 2. The second kappa shape index (κ2) is 5.64. The summed E-state index contributed by atoms with van der Waals surface area (Å²) >= 11 is 0. The molecular weight excluding hydrogens is 300 g/mol. The van der Waals surface area contributed by atoms with Gasteiger partial charge in [-0.25, -0.2) is 0 Å². The zero-order valence-electron chi connectivity index (χ0n) is 13.7. The van der Waals surface area contributed by atoms with Crippen molar-refractivity contribution in [2.75, 3.05) is 11.5 Å². The minimum Gasteiger partial charge on any atom is -0.482 e.